The average molecular weight is 376 g/mol. The van der Waals surface area contributed by atoms with Gasteiger partial charge in [0, 0.05) is 17.1 Å². The summed E-state index contributed by atoms with van der Waals surface area (Å²) in [6, 6.07) is 4.13. The van der Waals surface area contributed by atoms with Crippen molar-refractivity contribution in [2.24, 2.45) is 0 Å². The van der Waals surface area contributed by atoms with Crippen LogP contribution >= 0.6 is 27.7 Å². The highest BCUT2D eigenvalue weighted by molar-refractivity contribution is 9.10. The Morgan fingerprint density at radius 1 is 1.43 bits per heavy atom. The molecule has 4 nitrogen and oxygen atoms in total. The van der Waals surface area contributed by atoms with Gasteiger partial charge in [-0.3, -0.25) is 0 Å². The normalized spacial score (nSPS) is 20.1. The molecule has 1 aromatic rings. The summed E-state index contributed by atoms with van der Waals surface area (Å²) in [6.45, 7) is 3.78. The third-order valence-electron chi connectivity index (χ3n) is 3.49. The number of nitrogens with one attached hydrogen (secondary N) is 1. The summed E-state index contributed by atoms with van der Waals surface area (Å²) in [6.07, 6.45) is 0.151. The molecule has 21 heavy (non-hydrogen) atoms. The minimum atomic E-state index is 0.111. The molecule has 0 amide bonds. The summed E-state index contributed by atoms with van der Waals surface area (Å²) in [4.78, 5) is 0. The molecule has 1 aromatic carbocycles. The number of hydrogen-bond donors (Lipinski definition) is 1. The fourth-order valence-electron chi connectivity index (χ4n) is 2.52. The summed E-state index contributed by atoms with van der Waals surface area (Å²) in [5.74, 6) is 3.63. The Hall–Kier alpha value is -0.430. The van der Waals surface area contributed by atoms with Gasteiger partial charge in [0.2, 0.25) is 0 Å². The van der Waals surface area contributed by atoms with Crippen LogP contribution in [0.3, 0.4) is 0 Å². The number of ether oxygens (including phenoxy) is 3. The molecule has 1 heterocycles. The highest BCUT2D eigenvalue weighted by Crippen LogP contribution is 2.41. The molecule has 0 saturated carbocycles. The average Bonchev–Trinajstić information content (AvgIpc) is 2.53. The summed E-state index contributed by atoms with van der Waals surface area (Å²) >= 11 is 5.51. The third-order valence-corrected chi connectivity index (χ3v) is 5.26. The minimum Gasteiger partial charge on any atom is -0.495 e. The number of likely N-dealkylation sites (N-methyl/N-ethyl adjacent to an activating group) is 1. The molecule has 0 aromatic heterocycles. The van der Waals surface area contributed by atoms with Gasteiger partial charge in [0.15, 0.2) is 0 Å². The third kappa shape index (κ3) is 3.86. The zero-order valence-corrected chi connectivity index (χ0v) is 15.1. The monoisotopic (exact) mass is 375 g/mol. The molecular weight excluding hydrogens is 354 g/mol. The highest BCUT2D eigenvalue weighted by atomic mass is 79.9. The Morgan fingerprint density at radius 3 is 2.81 bits per heavy atom. The van der Waals surface area contributed by atoms with Crippen molar-refractivity contribution < 1.29 is 14.2 Å². The van der Waals surface area contributed by atoms with Crippen LogP contribution in [0.1, 0.15) is 18.5 Å². The van der Waals surface area contributed by atoms with Crippen LogP contribution in [0.5, 0.6) is 11.5 Å². The second kappa shape index (κ2) is 8.27. The predicted octanol–water partition coefficient (Wildman–Crippen LogP) is 3.25. The van der Waals surface area contributed by atoms with Crippen LogP contribution in [0, 0.1) is 0 Å². The first-order valence-corrected chi connectivity index (χ1v) is 9.00. The van der Waals surface area contributed by atoms with Crippen molar-refractivity contribution in [3.8, 4) is 11.5 Å². The number of rotatable bonds is 6. The molecule has 1 fully saturated rings. The molecule has 2 atom stereocenters. The Bertz CT molecular complexity index is 466. The summed E-state index contributed by atoms with van der Waals surface area (Å²) in [7, 11) is 3.34. The predicted molar refractivity (Wildman–Crippen MR) is 90.7 cm³/mol. The molecule has 1 aliphatic heterocycles. The molecule has 2 rings (SSSR count). The lowest BCUT2D eigenvalue weighted by atomic mass is 10.0. The van der Waals surface area contributed by atoms with E-state index in [0.717, 1.165) is 46.2 Å². The molecule has 1 N–H and O–H groups in total. The fourth-order valence-corrected chi connectivity index (χ4v) is 4.11. The number of hydrogen-bond acceptors (Lipinski definition) is 5. The second-order valence-electron chi connectivity index (χ2n) is 4.72. The standard InChI is InChI=1S/C15H22BrNO3S/c1-4-17-14(12-9-21-8-7-20-12)10-5-6-11(18-2)13(16)15(10)19-3/h5-6,12,14,17H,4,7-9H2,1-3H3. The van der Waals surface area contributed by atoms with E-state index in [2.05, 4.69) is 34.2 Å². The van der Waals surface area contributed by atoms with Gasteiger partial charge in [-0.2, -0.15) is 11.8 Å². The van der Waals surface area contributed by atoms with Crippen LogP contribution in [0.4, 0.5) is 0 Å². The van der Waals surface area contributed by atoms with E-state index >= 15 is 0 Å². The molecule has 2 unspecified atom stereocenters. The van der Waals surface area contributed by atoms with E-state index in [1.807, 2.05) is 17.8 Å². The van der Waals surface area contributed by atoms with Crippen molar-refractivity contribution in [1.29, 1.82) is 0 Å². The molecule has 0 radical (unpaired) electrons. The van der Waals surface area contributed by atoms with Gasteiger partial charge < -0.3 is 19.5 Å². The molecule has 0 aliphatic carbocycles. The van der Waals surface area contributed by atoms with Crippen molar-refractivity contribution in [1.82, 2.24) is 5.32 Å². The van der Waals surface area contributed by atoms with Gasteiger partial charge in [-0.05, 0) is 34.6 Å². The number of benzene rings is 1. The Morgan fingerprint density at radius 2 is 2.24 bits per heavy atom. The Labute approximate surface area is 139 Å². The maximum absolute atomic E-state index is 5.96. The number of halogens is 1. The largest absolute Gasteiger partial charge is 0.495 e. The maximum Gasteiger partial charge on any atom is 0.141 e. The zero-order chi connectivity index (χ0) is 15.2. The summed E-state index contributed by atoms with van der Waals surface area (Å²) < 4.78 is 17.8. The summed E-state index contributed by atoms with van der Waals surface area (Å²) in [5, 5.41) is 3.53. The van der Waals surface area contributed by atoms with E-state index in [9.17, 15) is 0 Å². The highest BCUT2D eigenvalue weighted by Gasteiger charge is 2.29. The van der Waals surface area contributed by atoms with Gasteiger partial charge in [-0.15, -0.1) is 0 Å². The van der Waals surface area contributed by atoms with E-state index in [1.165, 1.54) is 0 Å². The van der Waals surface area contributed by atoms with Crippen molar-refractivity contribution in [2.75, 3.05) is 38.9 Å². The van der Waals surface area contributed by atoms with E-state index in [1.54, 1.807) is 14.2 Å². The van der Waals surface area contributed by atoms with Crippen molar-refractivity contribution in [3.05, 3.63) is 22.2 Å². The lowest BCUT2D eigenvalue weighted by Crippen LogP contribution is -2.38. The van der Waals surface area contributed by atoms with Crippen LogP contribution < -0.4 is 14.8 Å². The van der Waals surface area contributed by atoms with E-state index in [-0.39, 0.29) is 12.1 Å². The van der Waals surface area contributed by atoms with Crippen molar-refractivity contribution in [3.63, 3.8) is 0 Å². The Kier molecular flexibility index (Phi) is 6.67. The molecule has 0 spiro atoms. The van der Waals surface area contributed by atoms with Gasteiger partial charge in [0.25, 0.3) is 0 Å². The van der Waals surface area contributed by atoms with Crippen LogP contribution in [-0.4, -0.2) is 45.0 Å². The molecule has 1 aliphatic rings. The molecule has 0 bridgehead atoms. The van der Waals surface area contributed by atoms with Crippen molar-refractivity contribution >= 4 is 27.7 Å². The quantitative estimate of drug-likeness (QED) is 0.825. The molecular formula is C15H22BrNO3S. The van der Waals surface area contributed by atoms with Gasteiger partial charge in [-0.25, -0.2) is 0 Å². The van der Waals surface area contributed by atoms with Crippen molar-refractivity contribution in [2.45, 2.75) is 19.1 Å². The second-order valence-corrected chi connectivity index (χ2v) is 6.67. The topological polar surface area (TPSA) is 39.7 Å². The first-order valence-electron chi connectivity index (χ1n) is 7.06. The SMILES string of the molecule is CCNC(c1ccc(OC)c(Br)c1OC)C1CSCCO1. The summed E-state index contributed by atoms with van der Waals surface area (Å²) in [5.41, 5.74) is 1.10. The zero-order valence-electron chi connectivity index (χ0n) is 12.6. The van der Waals surface area contributed by atoms with Gasteiger partial charge in [-0.1, -0.05) is 6.92 Å². The first kappa shape index (κ1) is 16.9. The van der Waals surface area contributed by atoms with Crippen LogP contribution in [0.15, 0.2) is 16.6 Å². The molecule has 1 saturated heterocycles. The number of methoxy groups -OCH3 is 2. The number of thioether (sulfide) groups is 1. The van der Waals surface area contributed by atoms with Crippen LogP contribution in [0.2, 0.25) is 0 Å². The van der Waals surface area contributed by atoms with E-state index in [0.29, 0.717) is 0 Å². The maximum atomic E-state index is 5.96. The van der Waals surface area contributed by atoms with Gasteiger partial charge >= 0.3 is 0 Å². The smallest absolute Gasteiger partial charge is 0.141 e. The Balaban J connectivity index is 2.36. The van der Waals surface area contributed by atoms with Gasteiger partial charge in [0.1, 0.15) is 16.0 Å². The molecule has 118 valence electrons. The van der Waals surface area contributed by atoms with Gasteiger partial charge in [0.05, 0.1) is 33.0 Å². The van der Waals surface area contributed by atoms with E-state index in [4.69, 9.17) is 14.2 Å². The minimum absolute atomic E-state index is 0.111. The first-order chi connectivity index (χ1) is 10.2. The van der Waals surface area contributed by atoms with Crippen LogP contribution in [0.25, 0.3) is 0 Å². The lowest BCUT2D eigenvalue weighted by molar-refractivity contribution is 0.0465. The lowest BCUT2D eigenvalue weighted by Gasteiger charge is -2.32. The van der Waals surface area contributed by atoms with Crippen LogP contribution in [-0.2, 0) is 4.74 Å². The molecule has 6 heteroatoms. The van der Waals surface area contributed by atoms with E-state index < -0.39 is 0 Å². The fraction of sp³-hybridized carbons (Fsp3) is 0.600.